The van der Waals surface area contributed by atoms with E-state index in [1.807, 2.05) is 22.7 Å². The van der Waals surface area contributed by atoms with Gasteiger partial charge in [-0.3, -0.25) is 4.79 Å². The van der Waals surface area contributed by atoms with Gasteiger partial charge in [0.25, 0.3) is 0 Å². The van der Waals surface area contributed by atoms with E-state index in [2.05, 4.69) is 10.3 Å². The van der Waals surface area contributed by atoms with E-state index in [9.17, 15) is 4.79 Å². The van der Waals surface area contributed by atoms with Gasteiger partial charge < -0.3 is 14.8 Å². The van der Waals surface area contributed by atoms with Crippen molar-refractivity contribution in [3.8, 4) is 0 Å². The van der Waals surface area contributed by atoms with Gasteiger partial charge in [-0.05, 0) is 25.9 Å². The van der Waals surface area contributed by atoms with Crippen LogP contribution in [0.2, 0.25) is 0 Å². The smallest absolute Gasteiger partial charge is 0.224 e. The zero-order valence-electron chi connectivity index (χ0n) is 10.3. The first-order valence-corrected chi connectivity index (χ1v) is 6.19. The molecule has 1 N–H and O–H groups in total. The quantitative estimate of drug-likeness (QED) is 0.827. The lowest BCUT2D eigenvalue weighted by atomic mass is 10.1. The van der Waals surface area contributed by atoms with Gasteiger partial charge in [0, 0.05) is 38.4 Å². The van der Waals surface area contributed by atoms with Crippen molar-refractivity contribution in [2.45, 2.75) is 31.8 Å². The monoisotopic (exact) mass is 236 g/mol. The van der Waals surface area contributed by atoms with Crippen molar-refractivity contribution < 1.29 is 4.79 Å². The van der Waals surface area contributed by atoms with E-state index in [-0.39, 0.29) is 5.91 Å². The summed E-state index contributed by atoms with van der Waals surface area (Å²) in [5, 5.41) is 3.31. The molecule has 1 fully saturated rings. The van der Waals surface area contributed by atoms with Crippen molar-refractivity contribution >= 4 is 5.91 Å². The molecule has 1 aromatic rings. The third kappa shape index (κ3) is 3.30. The zero-order valence-corrected chi connectivity index (χ0v) is 10.3. The molecule has 17 heavy (non-hydrogen) atoms. The van der Waals surface area contributed by atoms with Gasteiger partial charge in [-0.1, -0.05) is 0 Å². The Morgan fingerprint density at radius 2 is 2.29 bits per heavy atom. The Morgan fingerprint density at radius 1 is 1.53 bits per heavy atom. The molecular formula is C12H20N4O. The number of hydrogen-bond acceptors (Lipinski definition) is 3. The van der Waals surface area contributed by atoms with E-state index in [4.69, 9.17) is 0 Å². The summed E-state index contributed by atoms with van der Waals surface area (Å²) in [5.74, 6) is 0.227. The largest absolute Gasteiger partial charge is 0.343 e. The van der Waals surface area contributed by atoms with E-state index in [1.165, 1.54) is 0 Å². The second kappa shape index (κ2) is 5.82. The highest BCUT2D eigenvalue weighted by atomic mass is 16.2. The zero-order chi connectivity index (χ0) is 12.1. The van der Waals surface area contributed by atoms with Gasteiger partial charge >= 0.3 is 0 Å². The lowest BCUT2D eigenvalue weighted by Crippen LogP contribution is -2.44. The van der Waals surface area contributed by atoms with Crippen LogP contribution in [0.1, 0.15) is 19.3 Å². The van der Waals surface area contributed by atoms with Crippen LogP contribution in [0.3, 0.4) is 0 Å². The van der Waals surface area contributed by atoms with Crippen molar-refractivity contribution in [1.82, 2.24) is 19.8 Å². The van der Waals surface area contributed by atoms with Gasteiger partial charge in [0.15, 0.2) is 0 Å². The molecule has 2 heterocycles. The summed E-state index contributed by atoms with van der Waals surface area (Å²) >= 11 is 0. The maximum Gasteiger partial charge on any atom is 0.224 e. The van der Waals surface area contributed by atoms with Crippen LogP contribution >= 0.6 is 0 Å². The second-order valence-electron chi connectivity index (χ2n) is 4.54. The van der Waals surface area contributed by atoms with Gasteiger partial charge in [0.05, 0.1) is 6.33 Å². The SMILES string of the molecule is CN(C(=O)CCn1ccnc1)C1CCNCC1. The van der Waals surface area contributed by atoms with Crippen LogP contribution in [0.4, 0.5) is 0 Å². The molecule has 0 aromatic carbocycles. The summed E-state index contributed by atoms with van der Waals surface area (Å²) in [4.78, 5) is 17.9. The van der Waals surface area contributed by atoms with Crippen molar-refractivity contribution in [3.05, 3.63) is 18.7 Å². The summed E-state index contributed by atoms with van der Waals surface area (Å²) in [6, 6.07) is 0.409. The van der Waals surface area contributed by atoms with E-state index in [0.29, 0.717) is 19.0 Å². The Labute approximate surface area is 102 Å². The summed E-state index contributed by atoms with van der Waals surface area (Å²) in [6.45, 7) is 2.75. The van der Waals surface area contributed by atoms with Gasteiger partial charge in [-0.15, -0.1) is 0 Å². The normalized spacial score (nSPS) is 17.0. The molecule has 0 bridgehead atoms. The summed E-state index contributed by atoms with van der Waals surface area (Å²) in [6.07, 6.45) is 8.05. The minimum atomic E-state index is 0.227. The van der Waals surface area contributed by atoms with E-state index in [1.54, 1.807) is 12.5 Å². The number of imidazole rings is 1. The number of amides is 1. The topological polar surface area (TPSA) is 50.2 Å². The number of nitrogens with one attached hydrogen (secondary N) is 1. The first kappa shape index (κ1) is 12.1. The molecule has 1 saturated heterocycles. The minimum absolute atomic E-state index is 0.227. The van der Waals surface area contributed by atoms with Crippen molar-refractivity contribution in [3.63, 3.8) is 0 Å². The lowest BCUT2D eigenvalue weighted by molar-refractivity contribution is -0.132. The second-order valence-corrected chi connectivity index (χ2v) is 4.54. The molecule has 94 valence electrons. The van der Waals surface area contributed by atoms with Gasteiger partial charge in [-0.2, -0.15) is 0 Å². The molecule has 1 aliphatic rings. The van der Waals surface area contributed by atoms with E-state index >= 15 is 0 Å². The number of aryl methyl sites for hydroxylation is 1. The minimum Gasteiger partial charge on any atom is -0.343 e. The molecule has 1 amide bonds. The Kier molecular flexibility index (Phi) is 4.14. The Balaban J connectivity index is 1.78. The number of hydrogen-bond donors (Lipinski definition) is 1. The lowest BCUT2D eigenvalue weighted by Gasteiger charge is -2.31. The van der Waals surface area contributed by atoms with Crippen LogP contribution in [-0.2, 0) is 11.3 Å². The van der Waals surface area contributed by atoms with Gasteiger partial charge in [-0.25, -0.2) is 4.98 Å². The fourth-order valence-electron chi connectivity index (χ4n) is 2.22. The van der Waals surface area contributed by atoms with Crippen molar-refractivity contribution in [2.24, 2.45) is 0 Å². The first-order chi connectivity index (χ1) is 8.27. The predicted molar refractivity (Wildman–Crippen MR) is 65.5 cm³/mol. The molecule has 0 unspecified atom stereocenters. The standard InChI is InChI=1S/C12H20N4O/c1-15(11-2-5-13-6-3-11)12(17)4-8-16-9-7-14-10-16/h7,9-11,13H,2-6,8H2,1H3. The van der Waals surface area contributed by atoms with Crippen LogP contribution in [0, 0.1) is 0 Å². The van der Waals surface area contributed by atoms with E-state index in [0.717, 1.165) is 25.9 Å². The fraction of sp³-hybridized carbons (Fsp3) is 0.667. The van der Waals surface area contributed by atoms with Crippen LogP contribution in [0.15, 0.2) is 18.7 Å². The highest BCUT2D eigenvalue weighted by Gasteiger charge is 2.21. The molecule has 0 saturated carbocycles. The Bertz CT molecular complexity index is 343. The first-order valence-electron chi connectivity index (χ1n) is 6.19. The Morgan fingerprint density at radius 3 is 2.94 bits per heavy atom. The number of piperidine rings is 1. The third-order valence-corrected chi connectivity index (χ3v) is 3.39. The summed E-state index contributed by atoms with van der Waals surface area (Å²) in [7, 11) is 1.92. The average molecular weight is 236 g/mol. The van der Waals surface area contributed by atoms with Crippen LogP contribution in [0.5, 0.6) is 0 Å². The summed E-state index contributed by atoms with van der Waals surface area (Å²) in [5.41, 5.74) is 0. The molecule has 1 aromatic heterocycles. The molecule has 0 atom stereocenters. The van der Waals surface area contributed by atoms with Gasteiger partial charge in [0.1, 0.15) is 0 Å². The van der Waals surface area contributed by atoms with Crippen LogP contribution in [-0.4, -0.2) is 46.5 Å². The third-order valence-electron chi connectivity index (χ3n) is 3.39. The predicted octanol–water partition coefficient (Wildman–Crippen LogP) is 0.484. The molecule has 2 rings (SSSR count). The number of nitrogens with zero attached hydrogens (tertiary/aromatic N) is 3. The molecule has 0 radical (unpaired) electrons. The number of aromatic nitrogens is 2. The maximum atomic E-state index is 12.0. The van der Waals surface area contributed by atoms with Crippen LogP contribution < -0.4 is 5.32 Å². The highest BCUT2D eigenvalue weighted by Crippen LogP contribution is 2.11. The number of carbonyl (C=O) groups is 1. The Hall–Kier alpha value is -1.36. The van der Waals surface area contributed by atoms with Gasteiger partial charge in [0.2, 0.25) is 5.91 Å². The molecular weight excluding hydrogens is 216 g/mol. The molecule has 0 spiro atoms. The highest BCUT2D eigenvalue weighted by molar-refractivity contribution is 5.76. The van der Waals surface area contributed by atoms with Crippen molar-refractivity contribution in [2.75, 3.05) is 20.1 Å². The molecule has 1 aliphatic heterocycles. The molecule has 0 aliphatic carbocycles. The van der Waals surface area contributed by atoms with E-state index < -0.39 is 0 Å². The number of rotatable bonds is 4. The maximum absolute atomic E-state index is 12.0. The molecule has 5 nitrogen and oxygen atoms in total. The summed E-state index contributed by atoms with van der Waals surface area (Å²) < 4.78 is 1.94. The average Bonchev–Trinajstić information content (AvgIpc) is 2.89. The molecule has 5 heteroatoms. The fourth-order valence-corrected chi connectivity index (χ4v) is 2.22. The number of carbonyl (C=O) groups excluding carboxylic acids is 1. The van der Waals surface area contributed by atoms with Crippen molar-refractivity contribution in [1.29, 1.82) is 0 Å². The van der Waals surface area contributed by atoms with Crippen LogP contribution in [0.25, 0.3) is 0 Å².